The van der Waals surface area contributed by atoms with Gasteiger partial charge >= 0.3 is 6.18 Å². The van der Waals surface area contributed by atoms with Gasteiger partial charge in [-0.1, -0.05) is 0 Å². The molecule has 3 atom stereocenters. The van der Waals surface area contributed by atoms with Crippen molar-refractivity contribution in [2.75, 3.05) is 7.11 Å². The average Bonchev–Trinajstić information content (AvgIpc) is 2.77. The second-order valence-corrected chi connectivity index (χ2v) is 5.71. The maximum Gasteiger partial charge on any atom is 0.416 e. The van der Waals surface area contributed by atoms with E-state index in [1.165, 1.54) is 13.2 Å². The number of rotatable bonds is 3. The van der Waals surface area contributed by atoms with Crippen LogP contribution < -0.4 is 14.8 Å². The van der Waals surface area contributed by atoms with Gasteiger partial charge in [-0.25, -0.2) is 0 Å². The van der Waals surface area contributed by atoms with Gasteiger partial charge in [0.05, 0.1) is 12.7 Å². The van der Waals surface area contributed by atoms with Crippen molar-refractivity contribution in [2.45, 2.75) is 50.0 Å². The van der Waals surface area contributed by atoms with Crippen molar-refractivity contribution in [3.63, 3.8) is 0 Å². The van der Waals surface area contributed by atoms with Gasteiger partial charge in [-0.2, -0.15) is 13.2 Å². The van der Waals surface area contributed by atoms with Gasteiger partial charge in [0.2, 0.25) is 0 Å². The van der Waals surface area contributed by atoms with Crippen molar-refractivity contribution in [3.8, 4) is 11.5 Å². The van der Waals surface area contributed by atoms with E-state index in [1.807, 2.05) is 0 Å². The zero-order valence-corrected chi connectivity index (χ0v) is 11.7. The van der Waals surface area contributed by atoms with Gasteiger partial charge in [0.1, 0.15) is 6.10 Å². The number of piperidine rings is 1. The summed E-state index contributed by atoms with van der Waals surface area (Å²) in [6.07, 6.45) is -0.265. The van der Waals surface area contributed by atoms with Crippen LogP contribution in [0.2, 0.25) is 0 Å². The van der Waals surface area contributed by atoms with Crippen molar-refractivity contribution < 1.29 is 22.6 Å². The zero-order valence-electron chi connectivity index (χ0n) is 11.7. The molecule has 3 rings (SSSR count). The molecule has 0 aromatic heterocycles. The highest BCUT2D eigenvalue weighted by Crippen LogP contribution is 2.38. The molecule has 0 unspecified atom stereocenters. The van der Waals surface area contributed by atoms with Crippen LogP contribution in [0.3, 0.4) is 0 Å². The molecule has 3 nitrogen and oxygen atoms in total. The summed E-state index contributed by atoms with van der Waals surface area (Å²) in [5.74, 6) is 0.521. The van der Waals surface area contributed by atoms with E-state index in [9.17, 15) is 13.2 Å². The molecule has 2 bridgehead atoms. The van der Waals surface area contributed by atoms with Crippen LogP contribution in [0.5, 0.6) is 11.5 Å². The van der Waals surface area contributed by atoms with Crippen molar-refractivity contribution >= 4 is 0 Å². The summed E-state index contributed by atoms with van der Waals surface area (Å²) in [4.78, 5) is 0. The third-order valence-electron chi connectivity index (χ3n) is 4.21. The van der Waals surface area contributed by atoms with Crippen LogP contribution in [0.25, 0.3) is 0 Å². The smallest absolute Gasteiger partial charge is 0.416 e. The Morgan fingerprint density at radius 1 is 1.10 bits per heavy atom. The van der Waals surface area contributed by atoms with E-state index < -0.39 is 11.7 Å². The minimum atomic E-state index is -4.38. The zero-order chi connectivity index (χ0) is 15.0. The molecule has 2 aliphatic rings. The number of nitrogens with one attached hydrogen (secondary N) is 1. The lowest BCUT2D eigenvalue weighted by molar-refractivity contribution is -0.137. The van der Waals surface area contributed by atoms with Gasteiger partial charge in [-0.3, -0.25) is 0 Å². The quantitative estimate of drug-likeness (QED) is 0.928. The first-order valence-corrected chi connectivity index (χ1v) is 7.13. The Balaban J connectivity index is 1.76. The molecule has 0 saturated carbocycles. The first kappa shape index (κ1) is 14.5. The molecule has 2 aliphatic heterocycles. The van der Waals surface area contributed by atoms with Gasteiger partial charge < -0.3 is 14.8 Å². The van der Waals surface area contributed by atoms with Crippen LogP contribution in [-0.4, -0.2) is 25.3 Å². The Morgan fingerprint density at radius 3 is 2.33 bits per heavy atom. The molecule has 1 N–H and O–H groups in total. The molecular weight excluding hydrogens is 283 g/mol. The fraction of sp³-hybridized carbons (Fsp3) is 0.600. The number of halogens is 3. The molecule has 0 spiro atoms. The highest BCUT2D eigenvalue weighted by molar-refractivity contribution is 5.44. The standard InChI is InChI=1S/C15H18F3NO2/c1-20-14-6-9(15(16,17)18)2-5-13(14)21-12-7-10-3-4-11(8-12)19-10/h2,5-6,10-12,19H,3-4,7-8H2,1H3/t10-,11+,12+. The van der Waals surface area contributed by atoms with Gasteiger partial charge in [0, 0.05) is 12.1 Å². The monoisotopic (exact) mass is 301 g/mol. The van der Waals surface area contributed by atoms with Crippen LogP contribution in [0.4, 0.5) is 13.2 Å². The lowest BCUT2D eigenvalue weighted by Gasteiger charge is -2.30. The Kier molecular flexibility index (Phi) is 3.73. The van der Waals surface area contributed by atoms with Crippen LogP contribution in [0, 0.1) is 0 Å². The molecule has 2 saturated heterocycles. The van der Waals surface area contributed by atoms with Crippen molar-refractivity contribution in [1.29, 1.82) is 0 Å². The number of hydrogen-bond donors (Lipinski definition) is 1. The first-order chi connectivity index (χ1) is 9.95. The van der Waals surface area contributed by atoms with Crippen LogP contribution in [0.15, 0.2) is 18.2 Å². The van der Waals surface area contributed by atoms with E-state index in [-0.39, 0.29) is 11.9 Å². The van der Waals surface area contributed by atoms with E-state index in [4.69, 9.17) is 9.47 Å². The number of alkyl halides is 3. The van der Waals surface area contributed by atoms with E-state index in [0.29, 0.717) is 17.8 Å². The van der Waals surface area contributed by atoms with Gasteiger partial charge in [0.25, 0.3) is 0 Å². The highest BCUT2D eigenvalue weighted by atomic mass is 19.4. The third kappa shape index (κ3) is 3.10. The summed E-state index contributed by atoms with van der Waals surface area (Å²) in [6.45, 7) is 0. The molecule has 0 aliphatic carbocycles. The molecule has 2 fully saturated rings. The molecule has 1 aromatic carbocycles. The number of ether oxygens (including phenoxy) is 2. The molecule has 2 heterocycles. The number of fused-ring (bicyclic) bond motifs is 2. The van der Waals surface area contributed by atoms with Crippen molar-refractivity contribution in [3.05, 3.63) is 23.8 Å². The van der Waals surface area contributed by atoms with Crippen LogP contribution in [0.1, 0.15) is 31.2 Å². The van der Waals surface area contributed by atoms with Gasteiger partial charge in [-0.15, -0.1) is 0 Å². The normalized spacial score (nSPS) is 28.5. The number of hydrogen-bond acceptors (Lipinski definition) is 3. The molecular formula is C15H18F3NO2. The summed E-state index contributed by atoms with van der Waals surface area (Å²) in [5.41, 5.74) is -0.725. The maximum absolute atomic E-state index is 12.7. The molecule has 1 aromatic rings. The topological polar surface area (TPSA) is 30.5 Å². The van der Waals surface area contributed by atoms with E-state index in [0.717, 1.165) is 37.8 Å². The fourth-order valence-corrected chi connectivity index (χ4v) is 3.22. The van der Waals surface area contributed by atoms with Gasteiger partial charge in [0.15, 0.2) is 11.5 Å². The average molecular weight is 301 g/mol. The Morgan fingerprint density at radius 2 is 1.76 bits per heavy atom. The summed E-state index contributed by atoms with van der Waals surface area (Å²) >= 11 is 0. The Hall–Kier alpha value is -1.43. The predicted molar refractivity (Wildman–Crippen MR) is 71.6 cm³/mol. The maximum atomic E-state index is 12.7. The molecule has 6 heteroatoms. The fourth-order valence-electron chi connectivity index (χ4n) is 3.22. The molecule has 0 radical (unpaired) electrons. The first-order valence-electron chi connectivity index (χ1n) is 7.13. The van der Waals surface area contributed by atoms with E-state index in [1.54, 1.807) is 0 Å². The summed E-state index contributed by atoms with van der Waals surface area (Å²) < 4.78 is 49.0. The summed E-state index contributed by atoms with van der Waals surface area (Å²) in [6, 6.07) is 4.31. The summed E-state index contributed by atoms with van der Waals surface area (Å²) in [7, 11) is 1.36. The van der Waals surface area contributed by atoms with E-state index >= 15 is 0 Å². The summed E-state index contributed by atoms with van der Waals surface area (Å²) in [5, 5.41) is 3.50. The van der Waals surface area contributed by atoms with Crippen molar-refractivity contribution in [2.24, 2.45) is 0 Å². The minimum Gasteiger partial charge on any atom is -0.493 e. The third-order valence-corrected chi connectivity index (χ3v) is 4.21. The predicted octanol–water partition coefficient (Wildman–Crippen LogP) is 3.38. The minimum absolute atomic E-state index is 0.0365. The lowest BCUT2D eigenvalue weighted by Crippen LogP contribution is -2.42. The molecule has 21 heavy (non-hydrogen) atoms. The van der Waals surface area contributed by atoms with Crippen LogP contribution in [-0.2, 0) is 6.18 Å². The Labute approximate surface area is 121 Å². The highest BCUT2D eigenvalue weighted by Gasteiger charge is 2.35. The van der Waals surface area contributed by atoms with E-state index in [2.05, 4.69) is 5.32 Å². The largest absolute Gasteiger partial charge is 0.493 e. The Bertz CT molecular complexity index is 506. The number of benzene rings is 1. The van der Waals surface area contributed by atoms with Crippen LogP contribution >= 0.6 is 0 Å². The second-order valence-electron chi connectivity index (χ2n) is 5.71. The SMILES string of the molecule is COc1cc(C(F)(F)F)ccc1O[C@H]1C[C@H]2CC[C@@H](C1)N2. The van der Waals surface area contributed by atoms with Gasteiger partial charge in [-0.05, 0) is 43.9 Å². The van der Waals surface area contributed by atoms with Crippen molar-refractivity contribution in [1.82, 2.24) is 5.32 Å². The second kappa shape index (κ2) is 5.40. The lowest BCUT2D eigenvalue weighted by atomic mass is 10.0. The molecule has 0 amide bonds. The number of methoxy groups -OCH3 is 1. The molecule has 116 valence electrons.